The number of aromatic nitrogens is 4. The second-order valence-electron chi connectivity index (χ2n) is 6.38. The quantitative estimate of drug-likeness (QED) is 0.154. The molecule has 8 nitrogen and oxygen atoms in total. The summed E-state index contributed by atoms with van der Waals surface area (Å²) in [6, 6.07) is 17.0. The first-order valence-corrected chi connectivity index (χ1v) is 10.8. The number of pyridine rings is 1. The van der Waals surface area contributed by atoms with Gasteiger partial charge in [0, 0.05) is 45.8 Å². The Morgan fingerprint density at radius 3 is 2.61 bits per heavy atom. The Labute approximate surface area is 189 Å². The van der Waals surface area contributed by atoms with Gasteiger partial charge in [-0.25, -0.2) is 0 Å². The number of rotatable bonds is 7. The molecule has 4 aromatic rings. The number of hydrogen-bond donors (Lipinski definition) is 0. The molecule has 0 bridgehead atoms. The molecule has 0 aliphatic rings. The normalized spacial score (nSPS) is 10.7. The van der Waals surface area contributed by atoms with E-state index in [2.05, 4.69) is 31.1 Å². The van der Waals surface area contributed by atoms with Crippen molar-refractivity contribution in [2.24, 2.45) is 0 Å². The van der Waals surface area contributed by atoms with Crippen molar-refractivity contribution in [1.82, 2.24) is 19.7 Å². The summed E-state index contributed by atoms with van der Waals surface area (Å²) >= 11 is 4.65. The van der Waals surface area contributed by atoms with Crippen molar-refractivity contribution in [3.05, 3.63) is 93.2 Å². The van der Waals surface area contributed by atoms with E-state index in [1.54, 1.807) is 18.5 Å². The van der Waals surface area contributed by atoms with Crippen LogP contribution in [0.2, 0.25) is 0 Å². The highest BCUT2D eigenvalue weighted by Crippen LogP contribution is 2.29. The zero-order valence-electron chi connectivity index (χ0n) is 15.9. The first-order valence-electron chi connectivity index (χ1n) is 9.05. The smallest absolute Gasteiger partial charge is 0.270 e. The molecule has 0 atom stereocenters. The van der Waals surface area contributed by atoms with E-state index in [4.69, 9.17) is 0 Å². The predicted octanol–water partition coefficient (Wildman–Crippen LogP) is 4.98. The lowest BCUT2D eigenvalue weighted by atomic mass is 10.1. The van der Waals surface area contributed by atoms with Gasteiger partial charge in [0.25, 0.3) is 5.69 Å². The fourth-order valence-electron chi connectivity index (χ4n) is 2.87. The summed E-state index contributed by atoms with van der Waals surface area (Å²) in [6.45, 7) is 0. The topological polar surface area (TPSA) is 104 Å². The molecule has 0 N–H and O–H groups in total. The number of carbonyl (C=O) groups excluding carboxylic acids is 1. The zero-order chi connectivity index (χ0) is 21.8. The van der Waals surface area contributed by atoms with Crippen molar-refractivity contribution >= 4 is 39.2 Å². The Balaban J connectivity index is 1.65. The van der Waals surface area contributed by atoms with Crippen LogP contribution in [0.1, 0.15) is 10.4 Å². The molecule has 0 aliphatic carbocycles. The van der Waals surface area contributed by atoms with Gasteiger partial charge in [0.1, 0.15) is 0 Å². The van der Waals surface area contributed by atoms with Crippen molar-refractivity contribution in [2.45, 2.75) is 5.16 Å². The largest absolute Gasteiger partial charge is 0.293 e. The molecule has 31 heavy (non-hydrogen) atoms. The van der Waals surface area contributed by atoms with Crippen LogP contribution in [0.3, 0.4) is 0 Å². The highest BCUT2D eigenvalue weighted by molar-refractivity contribution is 9.10. The standard InChI is InChI=1S/C21H14BrN5O3S/c22-16-6-8-17(9-7-16)26-20(15-4-2-10-23-12-15)24-25-21(26)31-13-19(28)14-3-1-5-18(11-14)27(29)30/h1-12H,13H2. The Morgan fingerprint density at radius 1 is 1.10 bits per heavy atom. The van der Waals surface area contributed by atoms with Crippen molar-refractivity contribution in [3.8, 4) is 17.1 Å². The van der Waals surface area contributed by atoms with Gasteiger partial charge in [0.2, 0.25) is 0 Å². The average Bonchev–Trinajstić information content (AvgIpc) is 3.22. The maximum Gasteiger partial charge on any atom is 0.270 e. The van der Waals surface area contributed by atoms with E-state index in [1.165, 1.54) is 30.0 Å². The van der Waals surface area contributed by atoms with E-state index in [-0.39, 0.29) is 22.8 Å². The number of thioether (sulfide) groups is 1. The summed E-state index contributed by atoms with van der Waals surface area (Å²) in [5, 5.41) is 20.1. The molecule has 0 unspecified atom stereocenters. The minimum absolute atomic E-state index is 0.0584. The van der Waals surface area contributed by atoms with Gasteiger partial charge in [-0.1, -0.05) is 39.8 Å². The molecule has 2 heterocycles. The van der Waals surface area contributed by atoms with Gasteiger partial charge in [-0.2, -0.15) is 0 Å². The van der Waals surface area contributed by atoms with Crippen LogP contribution in [0, 0.1) is 10.1 Å². The lowest BCUT2D eigenvalue weighted by Crippen LogP contribution is -2.05. The van der Waals surface area contributed by atoms with Crippen LogP contribution in [-0.2, 0) is 0 Å². The summed E-state index contributed by atoms with van der Waals surface area (Å²) in [4.78, 5) is 27.3. The van der Waals surface area contributed by atoms with Gasteiger partial charge in [0.05, 0.1) is 10.7 Å². The number of Topliss-reactive ketones (excluding diaryl/α,β-unsaturated/α-hetero) is 1. The Morgan fingerprint density at radius 2 is 1.90 bits per heavy atom. The van der Waals surface area contributed by atoms with Crippen molar-refractivity contribution < 1.29 is 9.72 Å². The molecule has 0 saturated carbocycles. The lowest BCUT2D eigenvalue weighted by molar-refractivity contribution is -0.384. The summed E-state index contributed by atoms with van der Waals surface area (Å²) < 4.78 is 2.79. The molecule has 154 valence electrons. The number of nitrogens with zero attached hydrogens (tertiary/aromatic N) is 5. The molecular weight excluding hydrogens is 482 g/mol. The number of nitro groups is 1. The highest BCUT2D eigenvalue weighted by atomic mass is 79.9. The van der Waals surface area contributed by atoms with Gasteiger partial charge >= 0.3 is 0 Å². The SMILES string of the molecule is O=C(CSc1nnc(-c2cccnc2)n1-c1ccc(Br)cc1)c1cccc([N+](=O)[O-])c1. The van der Waals surface area contributed by atoms with Gasteiger partial charge in [0.15, 0.2) is 16.8 Å². The molecule has 0 fully saturated rings. The van der Waals surface area contributed by atoms with E-state index >= 15 is 0 Å². The van der Waals surface area contributed by atoms with Gasteiger partial charge in [-0.3, -0.25) is 24.5 Å². The van der Waals surface area contributed by atoms with E-state index in [1.807, 2.05) is 41.0 Å². The Kier molecular flexibility index (Phi) is 6.19. The molecule has 0 amide bonds. The van der Waals surface area contributed by atoms with Gasteiger partial charge < -0.3 is 0 Å². The van der Waals surface area contributed by atoms with E-state index in [0.29, 0.717) is 11.0 Å². The van der Waals surface area contributed by atoms with Crippen LogP contribution in [0.15, 0.2) is 82.7 Å². The molecule has 10 heteroatoms. The maximum absolute atomic E-state index is 12.6. The molecule has 0 radical (unpaired) electrons. The van der Waals surface area contributed by atoms with Crippen LogP contribution < -0.4 is 0 Å². The first kappa shape index (κ1) is 20.9. The van der Waals surface area contributed by atoms with E-state index < -0.39 is 4.92 Å². The number of ketones is 1. The van der Waals surface area contributed by atoms with Crippen LogP contribution >= 0.6 is 27.7 Å². The van der Waals surface area contributed by atoms with Crippen LogP contribution in [0.25, 0.3) is 17.1 Å². The summed E-state index contributed by atoms with van der Waals surface area (Å²) in [5.41, 5.74) is 1.78. The highest BCUT2D eigenvalue weighted by Gasteiger charge is 2.18. The van der Waals surface area contributed by atoms with Crippen molar-refractivity contribution in [1.29, 1.82) is 0 Å². The van der Waals surface area contributed by atoms with Crippen LogP contribution in [-0.4, -0.2) is 36.2 Å². The third-order valence-electron chi connectivity index (χ3n) is 4.35. The fraction of sp³-hybridized carbons (Fsp3) is 0.0476. The van der Waals surface area contributed by atoms with Gasteiger partial charge in [-0.15, -0.1) is 10.2 Å². The van der Waals surface area contributed by atoms with Crippen LogP contribution in [0.5, 0.6) is 0 Å². The third kappa shape index (κ3) is 4.70. The zero-order valence-corrected chi connectivity index (χ0v) is 18.3. The Bertz CT molecular complexity index is 1250. The summed E-state index contributed by atoms with van der Waals surface area (Å²) in [7, 11) is 0. The van der Waals surface area contributed by atoms with Gasteiger partial charge in [-0.05, 0) is 36.4 Å². The third-order valence-corrected chi connectivity index (χ3v) is 5.81. The first-order chi connectivity index (χ1) is 15.0. The molecule has 2 aromatic heterocycles. The minimum atomic E-state index is -0.520. The molecule has 4 rings (SSSR count). The molecule has 2 aromatic carbocycles. The molecule has 0 spiro atoms. The fourth-order valence-corrected chi connectivity index (χ4v) is 3.99. The number of carbonyl (C=O) groups is 1. The Hall–Kier alpha value is -3.37. The summed E-state index contributed by atoms with van der Waals surface area (Å²) in [6.07, 6.45) is 3.37. The van der Waals surface area contributed by atoms with E-state index in [9.17, 15) is 14.9 Å². The molecular formula is C21H14BrN5O3S. The van der Waals surface area contributed by atoms with Crippen LogP contribution in [0.4, 0.5) is 5.69 Å². The van der Waals surface area contributed by atoms with E-state index in [0.717, 1.165) is 15.7 Å². The lowest BCUT2D eigenvalue weighted by Gasteiger charge is -2.10. The van der Waals surface area contributed by atoms with Crippen molar-refractivity contribution in [3.63, 3.8) is 0 Å². The molecule has 0 aliphatic heterocycles. The second-order valence-corrected chi connectivity index (χ2v) is 8.24. The number of benzene rings is 2. The minimum Gasteiger partial charge on any atom is -0.293 e. The monoisotopic (exact) mass is 495 g/mol. The van der Waals surface area contributed by atoms with Crippen molar-refractivity contribution in [2.75, 3.05) is 5.75 Å². The number of nitro benzene ring substituents is 1. The number of non-ortho nitro benzene ring substituents is 1. The second kappa shape index (κ2) is 9.19. The molecule has 0 saturated heterocycles. The number of hydrogen-bond acceptors (Lipinski definition) is 7. The maximum atomic E-state index is 12.6. The number of halogens is 1. The summed E-state index contributed by atoms with van der Waals surface area (Å²) in [5.74, 6) is 0.422. The predicted molar refractivity (Wildman–Crippen MR) is 120 cm³/mol. The average molecular weight is 496 g/mol.